The highest BCUT2D eigenvalue weighted by atomic mass is 16.6. The molecule has 1 aliphatic carbocycles. The molecule has 0 aromatic heterocycles. The Morgan fingerprint density at radius 2 is 1.14 bits per heavy atom. The summed E-state index contributed by atoms with van der Waals surface area (Å²) in [6.45, 7) is 10.2. The second-order valence-electron chi connectivity index (χ2n) is 12.1. The van der Waals surface area contributed by atoms with E-state index < -0.39 is 24.4 Å². The van der Waals surface area contributed by atoms with Gasteiger partial charge in [-0.2, -0.15) is 0 Å². The third kappa shape index (κ3) is 9.26. The Morgan fingerprint density at radius 3 is 1.61 bits per heavy atom. The lowest BCUT2D eigenvalue weighted by atomic mass is 9.85. The van der Waals surface area contributed by atoms with E-state index in [-0.39, 0.29) is 18.1 Å². The van der Waals surface area contributed by atoms with E-state index >= 15 is 0 Å². The standard InChI is InChI=1S/C37H48N2O5/c1-27(2)39(28(3)4)33-22-32(26-41-23-29-16-10-7-11-17-29)34(42-24-30-18-12-8-13-19-30)36(35(33)44-37(40)38(5)6)43-25-31-20-14-9-15-21-31/h7-22,27-28,33-36H,23-26H2,1-6H3/t33-,34+,35+,36-/m0/s1. The van der Waals surface area contributed by atoms with Gasteiger partial charge in [-0.3, -0.25) is 4.90 Å². The van der Waals surface area contributed by atoms with Crippen molar-refractivity contribution in [1.82, 2.24) is 9.80 Å². The van der Waals surface area contributed by atoms with Gasteiger partial charge in [0.05, 0.1) is 32.5 Å². The molecule has 3 aromatic rings. The zero-order valence-corrected chi connectivity index (χ0v) is 27.0. The summed E-state index contributed by atoms with van der Waals surface area (Å²) in [4.78, 5) is 17.0. The molecule has 0 saturated heterocycles. The second-order valence-corrected chi connectivity index (χ2v) is 12.1. The van der Waals surface area contributed by atoms with Crippen LogP contribution < -0.4 is 0 Å². The van der Waals surface area contributed by atoms with Gasteiger partial charge in [0.1, 0.15) is 12.2 Å². The Labute approximate surface area is 263 Å². The Kier molecular flexibility index (Phi) is 12.6. The molecule has 236 valence electrons. The Morgan fingerprint density at radius 1 is 0.659 bits per heavy atom. The summed E-state index contributed by atoms with van der Waals surface area (Å²) in [5.74, 6) is 0. The molecule has 4 rings (SSSR count). The van der Waals surface area contributed by atoms with Crippen molar-refractivity contribution in [2.45, 2.75) is 84.0 Å². The lowest BCUT2D eigenvalue weighted by molar-refractivity contribution is -0.150. The van der Waals surface area contributed by atoms with Crippen LogP contribution in [0.4, 0.5) is 4.79 Å². The van der Waals surface area contributed by atoms with Crippen LogP contribution in [0.15, 0.2) is 103 Å². The zero-order chi connectivity index (χ0) is 31.5. The number of rotatable bonds is 14. The van der Waals surface area contributed by atoms with E-state index in [0.717, 1.165) is 22.3 Å². The highest BCUT2D eigenvalue weighted by Crippen LogP contribution is 2.34. The number of ether oxygens (including phenoxy) is 4. The van der Waals surface area contributed by atoms with Crippen LogP contribution in [0, 0.1) is 0 Å². The first-order valence-electron chi connectivity index (χ1n) is 15.5. The molecule has 0 radical (unpaired) electrons. The van der Waals surface area contributed by atoms with E-state index in [2.05, 4.69) is 50.8 Å². The van der Waals surface area contributed by atoms with Crippen molar-refractivity contribution >= 4 is 6.09 Å². The van der Waals surface area contributed by atoms with Crippen LogP contribution in [0.1, 0.15) is 44.4 Å². The Bertz CT molecular complexity index is 1290. The molecule has 7 nitrogen and oxygen atoms in total. The van der Waals surface area contributed by atoms with Gasteiger partial charge in [-0.25, -0.2) is 4.79 Å². The van der Waals surface area contributed by atoms with Crippen LogP contribution >= 0.6 is 0 Å². The Balaban J connectivity index is 1.75. The monoisotopic (exact) mass is 600 g/mol. The largest absolute Gasteiger partial charge is 0.441 e. The summed E-state index contributed by atoms with van der Waals surface area (Å²) in [5, 5.41) is 0. The fourth-order valence-electron chi connectivity index (χ4n) is 5.79. The minimum atomic E-state index is -0.628. The molecule has 0 heterocycles. The fourth-order valence-corrected chi connectivity index (χ4v) is 5.79. The van der Waals surface area contributed by atoms with Gasteiger partial charge in [0.25, 0.3) is 0 Å². The number of carbonyl (C=O) groups excluding carboxylic acids is 1. The summed E-state index contributed by atoms with van der Waals surface area (Å²) < 4.78 is 26.1. The molecule has 0 bridgehead atoms. The number of carbonyl (C=O) groups is 1. The summed E-state index contributed by atoms with van der Waals surface area (Å²) >= 11 is 0. The van der Waals surface area contributed by atoms with Crippen LogP contribution in [-0.2, 0) is 38.8 Å². The van der Waals surface area contributed by atoms with Crippen molar-refractivity contribution in [1.29, 1.82) is 0 Å². The average Bonchev–Trinajstić information content (AvgIpc) is 3.01. The molecule has 0 unspecified atom stereocenters. The molecule has 1 aliphatic rings. The molecular weight excluding hydrogens is 552 g/mol. The number of benzene rings is 3. The van der Waals surface area contributed by atoms with E-state index in [1.165, 1.54) is 4.90 Å². The van der Waals surface area contributed by atoms with Gasteiger partial charge in [-0.15, -0.1) is 0 Å². The molecule has 0 aliphatic heterocycles. The molecule has 0 fully saturated rings. The van der Waals surface area contributed by atoms with Gasteiger partial charge in [0.2, 0.25) is 0 Å². The van der Waals surface area contributed by atoms with Crippen molar-refractivity contribution in [2.75, 3.05) is 20.7 Å². The smallest absolute Gasteiger partial charge is 0.409 e. The molecule has 0 saturated carbocycles. The van der Waals surface area contributed by atoms with Crippen molar-refractivity contribution < 1.29 is 23.7 Å². The van der Waals surface area contributed by atoms with E-state index in [1.54, 1.807) is 14.1 Å². The van der Waals surface area contributed by atoms with Crippen LogP contribution in [0.2, 0.25) is 0 Å². The van der Waals surface area contributed by atoms with Crippen LogP contribution in [0.25, 0.3) is 0 Å². The normalized spacial score (nSPS) is 20.2. The molecule has 3 aromatic carbocycles. The van der Waals surface area contributed by atoms with E-state index in [4.69, 9.17) is 18.9 Å². The van der Waals surface area contributed by atoms with Gasteiger partial charge >= 0.3 is 6.09 Å². The molecule has 7 heteroatoms. The highest BCUT2D eigenvalue weighted by Gasteiger charge is 2.47. The van der Waals surface area contributed by atoms with Gasteiger partial charge < -0.3 is 23.8 Å². The molecule has 0 spiro atoms. The van der Waals surface area contributed by atoms with E-state index in [9.17, 15) is 4.79 Å². The lowest BCUT2D eigenvalue weighted by Crippen LogP contribution is -2.61. The molecule has 1 amide bonds. The van der Waals surface area contributed by atoms with Crippen molar-refractivity contribution in [3.63, 3.8) is 0 Å². The first kappa shape index (κ1) is 33.4. The topological polar surface area (TPSA) is 60.5 Å². The van der Waals surface area contributed by atoms with Gasteiger partial charge in [0, 0.05) is 26.2 Å². The summed E-state index contributed by atoms with van der Waals surface area (Å²) in [6, 6.07) is 30.4. The summed E-state index contributed by atoms with van der Waals surface area (Å²) in [5.41, 5.74) is 4.16. The Hall–Kier alpha value is -3.49. The first-order valence-corrected chi connectivity index (χ1v) is 15.5. The maximum Gasteiger partial charge on any atom is 0.409 e. The summed E-state index contributed by atoms with van der Waals surface area (Å²) in [7, 11) is 3.40. The van der Waals surface area contributed by atoms with Crippen molar-refractivity contribution in [3.05, 3.63) is 119 Å². The molecule has 4 atom stereocenters. The quantitative estimate of drug-likeness (QED) is 0.188. The molecular formula is C37H48N2O5. The van der Waals surface area contributed by atoms with E-state index in [1.807, 2.05) is 78.9 Å². The van der Waals surface area contributed by atoms with Crippen LogP contribution in [0.5, 0.6) is 0 Å². The van der Waals surface area contributed by atoms with Crippen molar-refractivity contribution in [2.24, 2.45) is 0 Å². The van der Waals surface area contributed by atoms with Gasteiger partial charge in [-0.05, 0) is 50.0 Å². The van der Waals surface area contributed by atoms with Crippen LogP contribution in [-0.4, -0.2) is 73.0 Å². The average molecular weight is 601 g/mol. The van der Waals surface area contributed by atoms with Gasteiger partial charge in [0.15, 0.2) is 6.10 Å². The first-order chi connectivity index (χ1) is 21.2. The SMILES string of the molecule is CC(C)N(C(C)C)[C@H]1C=C(COCc2ccccc2)[C@@H](OCc2ccccc2)[C@H](OCc2ccccc2)[C@@H]1OC(=O)N(C)C. The zero-order valence-electron chi connectivity index (χ0n) is 27.0. The van der Waals surface area contributed by atoms with Crippen molar-refractivity contribution in [3.8, 4) is 0 Å². The predicted molar refractivity (Wildman–Crippen MR) is 174 cm³/mol. The highest BCUT2D eigenvalue weighted by molar-refractivity contribution is 5.67. The minimum Gasteiger partial charge on any atom is -0.441 e. The third-order valence-electron chi connectivity index (χ3n) is 7.79. The number of hydrogen-bond donors (Lipinski definition) is 0. The summed E-state index contributed by atoms with van der Waals surface area (Å²) in [6.07, 6.45) is 0.0495. The lowest BCUT2D eigenvalue weighted by Gasteiger charge is -2.47. The maximum atomic E-state index is 13.2. The minimum absolute atomic E-state index is 0.180. The second kappa shape index (κ2) is 16.5. The fraction of sp³-hybridized carbons (Fsp3) is 0.432. The predicted octanol–water partition coefficient (Wildman–Crippen LogP) is 6.87. The van der Waals surface area contributed by atoms with Gasteiger partial charge in [-0.1, -0.05) is 97.1 Å². The van der Waals surface area contributed by atoms with Crippen LogP contribution in [0.3, 0.4) is 0 Å². The molecule has 0 N–H and O–H groups in total. The maximum absolute atomic E-state index is 13.2. The number of hydrogen-bond acceptors (Lipinski definition) is 6. The van der Waals surface area contributed by atoms with E-state index in [0.29, 0.717) is 26.4 Å². The number of amides is 1. The third-order valence-corrected chi connectivity index (χ3v) is 7.79. The number of nitrogens with zero attached hydrogens (tertiary/aromatic N) is 2. The molecule has 44 heavy (non-hydrogen) atoms.